The van der Waals surface area contributed by atoms with E-state index in [0.29, 0.717) is 0 Å². The molecule has 0 spiro atoms. The molecule has 0 radical (unpaired) electrons. The first-order valence-corrected chi connectivity index (χ1v) is 9.94. The molecular weight excluding hydrogens is 252 g/mol. The molecule has 0 aliphatic carbocycles. The lowest BCUT2D eigenvalue weighted by Gasteiger charge is -1.99. The van der Waals surface area contributed by atoms with Crippen LogP contribution in [0.1, 0.15) is 124 Å². The molecule has 0 heterocycles. The van der Waals surface area contributed by atoms with Crippen LogP contribution in [0.2, 0.25) is 0 Å². The fourth-order valence-corrected chi connectivity index (χ4v) is 2.45. The molecule has 0 aliphatic heterocycles. The monoisotopic (exact) mass is 296 g/mol. The van der Waals surface area contributed by atoms with E-state index in [4.69, 9.17) is 0 Å². The Labute approximate surface area is 136 Å². The summed E-state index contributed by atoms with van der Waals surface area (Å²) in [5.41, 5.74) is 0. The average molecular weight is 297 g/mol. The summed E-state index contributed by atoms with van der Waals surface area (Å²) < 4.78 is 0. The summed E-state index contributed by atoms with van der Waals surface area (Å²) in [6.07, 6.45) is 24.5. The van der Waals surface area contributed by atoms with Gasteiger partial charge < -0.3 is 0 Å². The second-order valence-electron chi connectivity index (χ2n) is 6.32. The first-order chi connectivity index (χ1) is 10.3. The molecule has 0 aliphatic rings. The van der Waals surface area contributed by atoms with Gasteiger partial charge in [0.05, 0.1) is 0 Å². The van der Waals surface area contributed by atoms with Crippen molar-refractivity contribution >= 4 is 0 Å². The van der Waals surface area contributed by atoms with E-state index in [1.165, 1.54) is 103 Å². The van der Waals surface area contributed by atoms with Crippen molar-refractivity contribution in [3.05, 3.63) is 12.7 Å². The molecule has 0 heteroatoms. The van der Waals surface area contributed by atoms with E-state index in [9.17, 15) is 0 Å². The third-order valence-corrected chi connectivity index (χ3v) is 3.97. The highest BCUT2D eigenvalue weighted by Gasteiger charge is 1.90. The Morgan fingerprint density at radius 2 is 0.762 bits per heavy atom. The van der Waals surface area contributed by atoms with E-state index in [2.05, 4.69) is 27.4 Å². The maximum absolute atomic E-state index is 3.68. The van der Waals surface area contributed by atoms with Crippen molar-refractivity contribution < 1.29 is 0 Å². The Morgan fingerprint density at radius 3 is 1.05 bits per heavy atom. The lowest BCUT2D eigenvalue weighted by atomic mass is 10.1. The van der Waals surface area contributed by atoms with E-state index in [-0.39, 0.29) is 0 Å². The summed E-state index contributed by atoms with van der Waals surface area (Å²) >= 11 is 0. The Balaban J connectivity index is 0. The zero-order valence-electron chi connectivity index (χ0n) is 15.6. The van der Waals surface area contributed by atoms with Gasteiger partial charge in [0.2, 0.25) is 0 Å². The lowest BCUT2D eigenvalue weighted by Crippen LogP contribution is -1.80. The van der Waals surface area contributed by atoms with Crippen molar-refractivity contribution in [3.8, 4) is 0 Å². The molecule has 21 heavy (non-hydrogen) atoms. The van der Waals surface area contributed by atoms with E-state index < -0.39 is 0 Å². The molecule has 0 amide bonds. The van der Waals surface area contributed by atoms with Crippen LogP contribution in [-0.4, -0.2) is 0 Å². The largest absolute Gasteiger partial charge is 0.103 e. The molecule has 0 aromatic rings. The predicted octanol–water partition coefficient (Wildman–Crippen LogP) is 8.46. The van der Waals surface area contributed by atoms with Crippen LogP contribution in [-0.2, 0) is 0 Å². The quantitative estimate of drug-likeness (QED) is 0.210. The molecule has 0 saturated heterocycles. The molecule has 128 valence electrons. The standard InChI is InChI=1S/C12H26.C9H18/c1-3-5-7-9-11-12-10-8-6-4-2;1-3-5-7-9-8-6-4-2/h3-12H2,1-2H3;3H,1,4-9H2,2H3. The highest BCUT2D eigenvalue weighted by molar-refractivity contribution is 4.65. The minimum Gasteiger partial charge on any atom is -0.103 e. The summed E-state index contributed by atoms with van der Waals surface area (Å²) in [6.45, 7) is 10.5. The number of hydrogen-bond donors (Lipinski definition) is 0. The molecule has 0 fully saturated rings. The highest BCUT2D eigenvalue weighted by Crippen LogP contribution is 2.09. The third kappa shape index (κ3) is 28.6. The van der Waals surface area contributed by atoms with Crippen molar-refractivity contribution in [1.82, 2.24) is 0 Å². The number of rotatable bonds is 15. The summed E-state index contributed by atoms with van der Waals surface area (Å²) in [5.74, 6) is 0. The molecule has 0 nitrogen and oxygen atoms in total. The van der Waals surface area contributed by atoms with Crippen molar-refractivity contribution in [2.75, 3.05) is 0 Å². The van der Waals surface area contributed by atoms with Crippen molar-refractivity contribution in [2.24, 2.45) is 0 Å². The normalized spacial score (nSPS) is 10.0. The van der Waals surface area contributed by atoms with Gasteiger partial charge in [-0.25, -0.2) is 0 Å². The summed E-state index contributed by atoms with van der Waals surface area (Å²) in [4.78, 5) is 0. The first-order valence-electron chi connectivity index (χ1n) is 9.94. The molecule has 0 bridgehead atoms. The highest BCUT2D eigenvalue weighted by atomic mass is 14.0. The Bertz CT molecular complexity index is 149. The molecule has 0 rings (SSSR count). The molecule has 0 saturated carbocycles. The molecule has 0 N–H and O–H groups in total. The lowest BCUT2D eigenvalue weighted by molar-refractivity contribution is 0.562. The van der Waals surface area contributed by atoms with Crippen LogP contribution in [0.25, 0.3) is 0 Å². The SMILES string of the molecule is C=CCCCCCCC.CCCCCCCCCCCC. The number of allylic oxidation sites excluding steroid dienone is 1. The third-order valence-electron chi connectivity index (χ3n) is 3.97. The van der Waals surface area contributed by atoms with Crippen LogP contribution < -0.4 is 0 Å². The van der Waals surface area contributed by atoms with Crippen LogP contribution in [0.4, 0.5) is 0 Å². The van der Waals surface area contributed by atoms with Gasteiger partial charge in [0.15, 0.2) is 0 Å². The van der Waals surface area contributed by atoms with Crippen LogP contribution in [0.5, 0.6) is 0 Å². The van der Waals surface area contributed by atoms with Gasteiger partial charge in [-0.05, 0) is 12.8 Å². The summed E-state index contributed by atoms with van der Waals surface area (Å²) in [7, 11) is 0. The Morgan fingerprint density at radius 1 is 0.476 bits per heavy atom. The van der Waals surface area contributed by atoms with Crippen molar-refractivity contribution in [3.63, 3.8) is 0 Å². The van der Waals surface area contributed by atoms with Crippen LogP contribution in [0.3, 0.4) is 0 Å². The van der Waals surface area contributed by atoms with Gasteiger partial charge in [0, 0.05) is 0 Å². The molecular formula is C21H44. The van der Waals surface area contributed by atoms with E-state index >= 15 is 0 Å². The van der Waals surface area contributed by atoms with E-state index in [1.807, 2.05) is 6.08 Å². The number of unbranched alkanes of at least 4 members (excludes halogenated alkanes) is 14. The Hall–Kier alpha value is -0.260. The van der Waals surface area contributed by atoms with E-state index in [0.717, 1.165) is 0 Å². The van der Waals surface area contributed by atoms with Crippen molar-refractivity contribution in [2.45, 2.75) is 124 Å². The minimum absolute atomic E-state index is 1.20. The van der Waals surface area contributed by atoms with Gasteiger partial charge in [-0.15, -0.1) is 6.58 Å². The zero-order chi connectivity index (χ0) is 16.0. The smallest absolute Gasteiger partial charge is 0.0353 e. The predicted molar refractivity (Wildman–Crippen MR) is 101 cm³/mol. The van der Waals surface area contributed by atoms with Gasteiger partial charge in [0.1, 0.15) is 0 Å². The van der Waals surface area contributed by atoms with E-state index in [1.54, 1.807) is 0 Å². The fraction of sp³-hybridized carbons (Fsp3) is 0.905. The topological polar surface area (TPSA) is 0 Å². The fourth-order valence-electron chi connectivity index (χ4n) is 2.45. The molecule has 0 aromatic carbocycles. The summed E-state index contributed by atoms with van der Waals surface area (Å²) in [5, 5.41) is 0. The summed E-state index contributed by atoms with van der Waals surface area (Å²) in [6, 6.07) is 0. The maximum Gasteiger partial charge on any atom is -0.0353 e. The second-order valence-corrected chi connectivity index (χ2v) is 6.32. The number of hydrogen-bond acceptors (Lipinski definition) is 0. The van der Waals surface area contributed by atoms with Gasteiger partial charge in [-0.2, -0.15) is 0 Å². The van der Waals surface area contributed by atoms with Gasteiger partial charge in [-0.1, -0.05) is 117 Å². The average Bonchev–Trinajstić information content (AvgIpc) is 2.51. The van der Waals surface area contributed by atoms with Crippen LogP contribution >= 0.6 is 0 Å². The zero-order valence-corrected chi connectivity index (χ0v) is 15.6. The molecule has 0 atom stereocenters. The van der Waals surface area contributed by atoms with Gasteiger partial charge in [-0.3, -0.25) is 0 Å². The van der Waals surface area contributed by atoms with Gasteiger partial charge >= 0.3 is 0 Å². The molecule has 0 unspecified atom stereocenters. The second kappa shape index (κ2) is 24.7. The maximum atomic E-state index is 3.68. The van der Waals surface area contributed by atoms with Crippen LogP contribution in [0, 0.1) is 0 Å². The minimum atomic E-state index is 1.20. The first kappa shape index (κ1) is 23.0. The molecule has 0 aromatic heterocycles. The van der Waals surface area contributed by atoms with Crippen molar-refractivity contribution in [1.29, 1.82) is 0 Å². The Kier molecular flexibility index (Phi) is 27.1. The van der Waals surface area contributed by atoms with Gasteiger partial charge in [0.25, 0.3) is 0 Å². The van der Waals surface area contributed by atoms with Crippen LogP contribution in [0.15, 0.2) is 12.7 Å².